The van der Waals surface area contributed by atoms with Crippen LogP contribution in [0.1, 0.15) is 0 Å². The quantitative estimate of drug-likeness (QED) is 0.846. The SMILES string of the molecule is CN(CC(N)C(=O)O)c1cn(C)c2ccccc12. The summed E-state index contributed by atoms with van der Waals surface area (Å²) in [4.78, 5) is 12.7. The molecule has 1 unspecified atom stereocenters. The first-order chi connectivity index (χ1) is 8.50. The zero-order valence-corrected chi connectivity index (χ0v) is 10.5. The van der Waals surface area contributed by atoms with Crippen molar-refractivity contribution in [2.45, 2.75) is 6.04 Å². The van der Waals surface area contributed by atoms with Crippen LogP contribution in [-0.2, 0) is 11.8 Å². The van der Waals surface area contributed by atoms with Crippen LogP contribution in [-0.4, -0.2) is 35.3 Å². The van der Waals surface area contributed by atoms with Gasteiger partial charge in [0.2, 0.25) is 0 Å². The third-order valence-corrected chi connectivity index (χ3v) is 3.07. The average molecular weight is 247 g/mol. The van der Waals surface area contributed by atoms with E-state index >= 15 is 0 Å². The van der Waals surface area contributed by atoms with Crippen molar-refractivity contribution >= 4 is 22.6 Å². The van der Waals surface area contributed by atoms with Crippen LogP contribution in [0.25, 0.3) is 10.9 Å². The van der Waals surface area contributed by atoms with E-state index in [4.69, 9.17) is 10.8 Å². The molecule has 0 fully saturated rings. The summed E-state index contributed by atoms with van der Waals surface area (Å²) < 4.78 is 2.02. The number of carbonyl (C=O) groups is 1. The highest BCUT2D eigenvalue weighted by Crippen LogP contribution is 2.27. The zero-order valence-electron chi connectivity index (χ0n) is 10.5. The number of hydrogen-bond acceptors (Lipinski definition) is 3. The van der Waals surface area contributed by atoms with Gasteiger partial charge in [-0.2, -0.15) is 0 Å². The Morgan fingerprint density at radius 1 is 1.50 bits per heavy atom. The van der Waals surface area contributed by atoms with Crippen molar-refractivity contribution in [2.24, 2.45) is 12.8 Å². The number of anilines is 1. The van der Waals surface area contributed by atoms with Gasteiger partial charge in [-0.3, -0.25) is 4.79 Å². The first-order valence-electron chi connectivity index (χ1n) is 5.74. The molecule has 0 bridgehead atoms. The molecule has 0 radical (unpaired) electrons. The normalized spacial score (nSPS) is 12.6. The molecule has 0 aliphatic rings. The van der Waals surface area contributed by atoms with Crippen LogP contribution in [0.5, 0.6) is 0 Å². The number of carboxylic acid groups (broad SMARTS) is 1. The first kappa shape index (κ1) is 12.4. The Hall–Kier alpha value is -2.01. The van der Waals surface area contributed by atoms with Crippen LogP contribution < -0.4 is 10.6 Å². The minimum atomic E-state index is -0.984. The topological polar surface area (TPSA) is 71.5 Å². The summed E-state index contributed by atoms with van der Waals surface area (Å²) in [6, 6.07) is 7.12. The van der Waals surface area contributed by atoms with Crippen LogP contribution >= 0.6 is 0 Å². The van der Waals surface area contributed by atoms with Gasteiger partial charge < -0.3 is 20.3 Å². The molecule has 0 saturated heterocycles. The average Bonchev–Trinajstić information content (AvgIpc) is 2.67. The van der Waals surface area contributed by atoms with Crippen LogP contribution in [0, 0.1) is 0 Å². The second-order valence-electron chi connectivity index (χ2n) is 4.47. The summed E-state index contributed by atoms with van der Waals surface area (Å²) in [6.07, 6.45) is 1.99. The minimum absolute atomic E-state index is 0.281. The lowest BCUT2D eigenvalue weighted by atomic mass is 10.2. The number of aromatic nitrogens is 1. The number of nitrogens with two attached hydrogens (primary N) is 1. The van der Waals surface area contributed by atoms with E-state index in [9.17, 15) is 4.79 Å². The summed E-state index contributed by atoms with van der Waals surface area (Å²) in [5.41, 5.74) is 7.66. The Labute approximate surface area is 105 Å². The first-order valence-corrected chi connectivity index (χ1v) is 5.74. The zero-order chi connectivity index (χ0) is 13.3. The summed E-state index contributed by atoms with van der Waals surface area (Å²) in [6.45, 7) is 0.281. The van der Waals surface area contributed by atoms with Gasteiger partial charge >= 0.3 is 5.97 Å². The number of fused-ring (bicyclic) bond motifs is 1. The molecule has 1 aromatic heterocycles. The number of likely N-dealkylation sites (N-methyl/N-ethyl adjacent to an activating group) is 1. The molecule has 0 aliphatic carbocycles. The maximum Gasteiger partial charge on any atom is 0.322 e. The molecule has 18 heavy (non-hydrogen) atoms. The van der Waals surface area contributed by atoms with Gasteiger partial charge in [0.25, 0.3) is 0 Å². The number of nitrogens with zero attached hydrogens (tertiary/aromatic N) is 2. The maximum absolute atomic E-state index is 10.8. The summed E-state index contributed by atoms with van der Waals surface area (Å²) >= 11 is 0. The van der Waals surface area contributed by atoms with Gasteiger partial charge in [0.05, 0.1) is 5.69 Å². The molecule has 1 heterocycles. The largest absolute Gasteiger partial charge is 0.480 e. The summed E-state index contributed by atoms with van der Waals surface area (Å²) in [5.74, 6) is -0.984. The molecular weight excluding hydrogens is 230 g/mol. The number of aliphatic carboxylic acids is 1. The standard InChI is InChI=1S/C13H17N3O2/c1-15(7-10(14)13(17)18)12-8-16(2)11-6-4-3-5-9(11)12/h3-6,8,10H,7,14H2,1-2H3,(H,17,18). The lowest BCUT2D eigenvalue weighted by Crippen LogP contribution is -2.41. The van der Waals surface area contributed by atoms with Crippen molar-refractivity contribution in [3.63, 3.8) is 0 Å². The van der Waals surface area contributed by atoms with Crippen molar-refractivity contribution in [3.8, 4) is 0 Å². The maximum atomic E-state index is 10.8. The fourth-order valence-corrected chi connectivity index (χ4v) is 2.10. The molecule has 0 amide bonds. The van der Waals surface area contributed by atoms with Crippen LogP contribution in [0.2, 0.25) is 0 Å². The molecule has 3 N–H and O–H groups in total. The molecule has 2 aromatic rings. The van der Waals surface area contributed by atoms with Gasteiger partial charge in [-0.1, -0.05) is 18.2 Å². The Kier molecular flexibility index (Phi) is 3.25. The summed E-state index contributed by atoms with van der Waals surface area (Å²) in [5, 5.41) is 9.94. The third kappa shape index (κ3) is 2.17. The van der Waals surface area contributed by atoms with Crippen LogP contribution in [0.4, 0.5) is 5.69 Å². The second-order valence-corrected chi connectivity index (χ2v) is 4.47. The van der Waals surface area contributed by atoms with E-state index in [0.29, 0.717) is 0 Å². The number of para-hydroxylation sites is 1. The summed E-state index contributed by atoms with van der Waals surface area (Å²) in [7, 11) is 3.82. The molecule has 1 atom stereocenters. The number of aryl methyl sites for hydroxylation is 1. The number of benzene rings is 1. The predicted molar refractivity (Wildman–Crippen MR) is 71.8 cm³/mol. The Bertz CT molecular complexity index is 577. The van der Waals surface area contributed by atoms with E-state index in [0.717, 1.165) is 16.6 Å². The van der Waals surface area contributed by atoms with Crippen molar-refractivity contribution in [3.05, 3.63) is 30.5 Å². The molecule has 0 aliphatic heterocycles. The molecule has 96 valence electrons. The van der Waals surface area contributed by atoms with Gasteiger partial charge in [-0.05, 0) is 6.07 Å². The van der Waals surface area contributed by atoms with Gasteiger partial charge in [-0.15, -0.1) is 0 Å². The molecule has 0 spiro atoms. The van der Waals surface area contributed by atoms with Gasteiger partial charge in [0, 0.05) is 37.7 Å². The highest BCUT2D eigenvalue weighted by molar-refractivity contribution is 5.93. The van der Waals surface area contributed by atoms with Gasteiger partial charge in [-0.25, -0.2) is 0 Å². The smallest absolute Gasteiger partial charge is 0.322 e. The van der Waals surface area contributed by atoms with E-state index in [1.807, 2.05) is 54.0 Å². The monoisotopic (exact) mass is 247 g/mol. The molecule has 1 aromatic carbocycles. The van der Waals surface area contributed by atoms with Gasteiger partial charge in [0.1, 0.15) is 6.04 Å². The van der Waals surface area contributed by atoms with E-state index < -0.39 is 12.0 Å². The van der Waals surface area contributed by atoms with Crippen molar-refractivity contribution in [2.75, 3.05) is 18.5 Å². The lowest BCUT2D eigenvalue weighted by Gasteiger charge is -2.20. The molecule has 2 rings (SSSR count). The molecule has 0 saturated carbocycles. The Balaban J connectivity index is 2.33. The van der Waals surface area contributed by atoms with E-state index in [2.05, 4.69) is 0 Å². The lowest BCUT2D eigenvalue weighted by molar-refractivity contribution is -0.138. The second kappa shape index (κ2) is 4.70. The highest BCUT2D eigenvalue weighted by atomic mass is 16.4. The van der Waals surface area contributed by atoms with E-state index in [1.165, 1.54) is 0 Å². The molecular formula is C13H17N3O2. The Morgan fingerprint density at radius 2 is 2.17 bits per heavy atom. The number of rotatable bonds is 4. The van der Waals surface area contributed by atoms with Crippen LogP contribution in [0.3, 0.4) is 0 Å². The van der Waals surface area contributed by atoms with Crippen molar-refractivity contribution < 1.29 is 9.90 Å². The van der Waals surface area contributed by atoms with E-state index in [1.54, 1.807) is 0 Å². The molecule has 5 heteroatoms. The number of carboxylic acids is 1. The van der Waals surface area contributed by atoms with E-state index in [-0.39, 0.29) is 6.54 Å². The van der Waals surface area contributed by atoms with Crippen LogP contribution in [0.15, 0.2) is 30.5 Å². The number of hydrogen-bond donors (Lipinski definition) is 2. The third-order valence-electron chi connectivity index (χ3n) is 3.07. The molecule has 5 nitrogen and oxygen atoms in total. The fraction of sp³-hybridized carbons (Fsp3) is 0.308. The minimum Gasteiger partial charge on any atom is -0.480 e. The van der Waals surface area contributed by atoms with Crippen molar-refractivity contribution in [1.29, 1.82) is 0 Å². The van der Waals surface area contributed by atoms with Gasteiger partial charge in [0.15, 0.2) is 0 Å². The highest BCUT2D eigenvalue weighted by Gasteiger charge is 2.17. The van der Waals surface area contributed by atoms with Crippen molar-refractivity contribution in [1.82, 2.24) is 4.57 Å². The predicted octanol–water partition coefficient (Wildman–Crippen LogP) is 1.03. The fourth-order valence-electron chi connectivity index (χ4n) is 2.10. The Morgan fingerprint density at radius 3 is 2.83 bits per heavy atom.